The van der Waals surface area contributed by atoms with Gasteiger partial charge in [0.05, 0.1) is 10.6 Å². The molecule has 2 heterocycles. The van der Waals surface area contributed by atoms with Crippen molar-refractivity contribution in [1.82, 2.24) is 24.5 Å². The molecule has 23 heavy (non-hydrogen) atoms. The third-order valence-corrected chi connectivity index (χ3v) is 3.92. The number of aromatic nitrogens is 4. The van der Waals surface area contributed by atoms with Crippen molar-refractivity contribution in [1.29, 1.82) is 0 Å². The molecule has 0 bridgehead atoms. The highest BCUT2D eigenvalue weighted by molar-refractivity contribution is 5.96. The van der Waals surface area contributed by atoms with Crippen molar-refractivity contribution < 1.29 is 9.72 Å². The van der Waals surface area contributed by atoms with Crippen molar-refractivity contribution in [3.05, 3.63) is 39.0 Å². The molecule has 2 aromatic rings. The number of carbonyl (C=O) groups is 1. The van der Waals surface area contributed by atoms with Crippen LogP contribution in [0.15, 0.2) is 6.20 Å². The van der Waals surface area contributed by atoms with Crippen molar-refractivity contribution in [3.63, 3.8) is 0 Å². The Morgan fingerprint density at radius 1 is 1.43 bits per heavy atom. The predicted octanol–water partition coefficient (Wildman–Crippen LogP) is 1.43. The lowest BCUT2D eigenvalue weighted by atomic mass is 10.2. The lowest BCUT2D eigenvalue weighted by Gasteiger charge is -2.17. The van der Waals surface area contributed by atoms with Crippen molar-refractivity contribution >= 4 is 11.6 Å². The molecule has 0 aliphatic carbocycles. The minimum absolute atomic E-state index is 0.000744. The quantitative estimate of drug-likeness (QED) is 0.613. The summed E-state index contributed by atoms with van der Waals surface area (Å²) in [5.41, 5.74) is 2.46. The smallest absolute Gasteiger partial charge is 0.320 e. The number of nitro groups is 1. The van der Waals surface area contributed by atoms with Crippen molar-refractivity contribution in [2.24, 2.45) is 7.05 Å². The minimum Gasteiger partial charge on any atom is -0.336 e. The van der Waals surface area contributed by atoms with Crippen LogP contribution in [0.5, 0.6) is 0 Å². The average Bonchev–Trinajstić information content (AvgIpc) is 3.03. The van der Waals surface area contributed by atoms with Gasteiger partial charge in [0, 0.05) is 38.4 Å². The summed E-state index contributed by atoms with van der Waals surface area (Å²) in [5.74, 6) is -0.432. The highest BCUT2D eigenvalue weighted by atomic mass is 16.6. The molecule has 0 aliphatic rings. The van der Waals surface area contributed by atoms with Crippen molar-refractivity contribution in [3.8, 4) is 0 Å². The molecule has 2 rings (SSSR count). The van der Waals surface area contributed by atoms with Gasteiger partial charge in [0.15, 0.2) is 0 Å². The average molecular weight is 320 g/mol. The summed E-state index contributed by atoms with van der Waals surface area (Å²) in [4.78, 5) is 24.7. The molecule has 0 radical (unpaired) electrons. The van der Waals surface area contributed by atoms with Crippen LogP contribution in [0.2, 0.25) is 0 Å². The maximum absolute atomic E-state index is 12.7. The van der Waals surface area contributed by atoms with Crippen LogP contribution in [-0.2, 0) is 20.1 Å². The van der Waals surface area contributed by atoms with E-state index in [4.69, 9.17) is 0 Å². The number of nitrogens with zero attached hydrogens (tertiary/aromatic N) is 6. The van der Waals surface area contributed by atoms with Crippen LogP contribution in [0.1, 0.15) is 34.4 Å². The Hall–Kier alpha value is -2.71. The molecule has 0 atom stereocenters. The Labute approximate surface area is 133 Å². The highest BCUT2D eigenvalue weighted by Gasteiger charge is 2.29. The molecule has 0 aliphatic heterocycles. The van der Waals surface area contributed by atoms with Gasteiger partial charge in [-0.1, -0.05) is 0 Å². The van der Waals surface area contributed by atoms with Crippen LogP contribution in [0.25, 0.3) is 0 Å². The van der Waals surface area contributed by atoms with E-state index in [0.717, 1.165) is 23.1 Å². The van der Waals surface area contributed by atoms with Gasteiger partial charge < -0.3 is 4.90 Å². The fourth-order valence-corrected chi connectivity index (χ4v) is 2.50. The van der Waals surface area contributed by atoms with Gasteiger partial charge in [-0.3, -0.25) is 24.3 Å². The molecule has 2 aromatic heterocycles. The van der Waals surface area contributed by atoms with E-state index in [1.165, 1.54) is 9.58 Å². The van der Waals surface area contributed by atoms with Crippen LogP contribution >= 0.6 is 0 Å². The molecule has 9 nitrogen and oxygen atoms in total. The molecule has 0 aromatic carbocycles. The monoisotopic (exact) mass is 320 g/mol. The van der Waals surface area contributed by atoms with Crippen LogP contribution in [0.3, 0.4) is 0 Å². The van der Waals surface area contributed by atoms with E-state index in [9.17, 15) is 14.9 Å². The third-order valence-electron chi connectivity index (χ3n) is 3.92. The summed E-state index contributed by atoms with van der Waals surface area (Å²) < 4.78 is 3.10. The van der Waals surface area contributed by atoms with Gasteiger partial charge in [-0.15, -0.1) is 0 Å². The molecule has 0 fully saturated rings. The Morgan fingerprint density at radius 2 is 2.09 bits per heavy atom. The van der Waals surface area contributed by atoms with Crippen molar-refractivity contribution in [2.75, 3.05) is 7.05 Å². The molecule has 0 N–H and O–H groups in total. The Balaban J connectivity index is 2.33. The normalized spacial score (nSPS) is 10.8. The van der Waals surface area contributed by atoms with Gasteiger partial charge in [0.25, 0.3) is 5.91 Å². The van der Waals surface area contributed by atoms with Gasteiger partial charge in [0.2, 0.25) is 5.69 Å². The Kier molecular flexibility index (Phi) is 4.48. The fraction of sp³-hybridized carbons (Fsp3) is 0.500. The molecule has 0 spiro atoms. The number of hydrogen-bond donors (Lipinski definition) is 0. The van der Waals surface area contributed by atoms with E-state index < -0.39 is 10.8 Å². The Morgan fingerprint density at radius 3 is 2.57 bits per heavy atom. The first kappa shape index (κ1) is 16.7. The first-order valence-electron chi connectivity index (χ1n) is 7.22. The zero-order valence-corrected chi connectivity index (χ0v) is 13.9. The second kappa shape index (κ2) is 6.19. The lowest BCUT2D eigenvalue weighted by Crippen LogP contribution is -2.29. The van der Waals surface area contributed by atoms with Crippen molar-refractivity contribution in [2.45, 2.75) is 33.9 Å². The molecule has 0 saturated carbocycles. The number of carbonyl (C=O) groups excluding carboxylic acids is 1. The zero-order valence-electron chi connectivity index (χ0n) is 13.9. The van der Waals surface area contributed by atoms with Crippen LogP contribution < -0.4 is 0 Å². The molecule has 0 unspecified atom stereocenters. The molecular weight excluding hydrogens is 300 g/mol. The van der Waals surface area contributed by atoms with E-state index in [-0.39, 0.29) is 11.4 Å². The summed E-state index contributed by atoms with van der Waals surface area (Å²) in [5, 5.41) is 19.4. The topological polar surface area (TPSA) is 99.1 Å². The Bertz CT molecular complexity index is 761. The molecule has 9 heteroatoms. The van der Waals surface area contributed by atoms with Crippen LogP contribution in [0, 0.1) is 24.0 Å². The first-order chi connectivity index (χ1) is 10.8. The SMILES string of the molecule is CCn1ncc([N+](=O)[O-])c1C(=O)N(C)Cc1c(C)nn(C)c1C. The van der Waals surface area contributed by atoms with Gasteiger partial charge in [-0.05, 0) is 20.8 Å². The third kappa shape index (κ3) is 2.94. The lowest BCUT2D eigenvalue weighted by molar-refractivity contribution is -0.385. The molecule has 0 saturated heterocycles. The predicted molar refractivity (Wildman–Crippen MR) is 83.0 cm³/mol. The summed E-state index contributed by atoms with van der Waals surface area (Å²) in [7, 11) is 3.45. The number of aryl methyl sites for hydroxylation is 3. The first-order valence-corrected chi connectivity index (χ1v) is 7.22. The summed E-state index contributed by atoms with van der Waals surface area (Å²) in [6.45, 7) is 6.29. The molecule has 124 valence electrons. The van der Waals surface area contributed by atoms with Gasteiger partial charge >= 0.3 is 5.69 Å². The maximum Gasteiger partial charge on any atom is 0.320 e. The second-order valence-corrected chi connectivity index (χ2v) is 5.39. The van der Waals surface area contributed by atoms with E-state index in [0.29, 0.717) is 13.1 Å². The van der Waals surface area contributed by atoms with E-state index in [1.807, 2.05) is 20.9 Å². The number of hydrogen-bond acceptors (Lipinski definition) is 5. The zero-order chi connectivity index (χ0) is 17.3. The van der Waals surface area contributed by atoms with E-state index in [2.05, 4.69) is 10.2 Å². The molecule has 1 amide bonds. The second-order valence-electron chi connectivity index (χ2n) is 5.39. The number of amides is 1. The summed E-state index contributed by atoms with van der Waals surface area (Å²) in [6.07, 6.45) is 1.12. The van der Waals surface area contributed by atoms with E-state index >= 15 is 0 Å². The van der Waals surface area contributed by atoms with Gasteiger partial charge in [-0.25, -0.2) is 0 Å². The minimum atomic E-state index is -0.583. The van der Waals surface area contributed by atoms with Crippen LogP contribution in [0.4, 0.5) is 5.69 Å². The maximum atomic E-state index is 12.7. The standard InChI is InChI=1S/C14H20N6O3/c1-6-19-13(12(7-15-19)20(22)23)14(21)17(4)8-11-9(2)16-18(5)10(11)3/h7H,6,8H2,1-5H3. The van der Waals surface area contributed by atoms with E-state index in [1.54, 1.807) is 18.7 Å². The largest absolute Gasteiger partial charge is 0.336 e. The summed E-state index contributed by atoms with van der Waals surface area (Å²) >= 11 is 0. The van der Waals surface area contributed by atoms with Gasteiger partial charge in [-0.2, -0.15) is 10.2 Å². The number of rotatable bonds is 5. The fourth-order valence-electron chi connectivity index (χ4n) is 2.50. The molecular formula is C14H20N6O3. The van der Waals surface area contributed by atoms with Crippen LogP contribution in [-0.4, -0.2) is 42.3 Å². The summed E-state index contributed by atoms with van der Waals surface area (Å²) in [6, 6.07) is 0. The highest BCUT2D eigenvalue weighted by Crippen LogP contribution is 2.21. The van der Waals surface area contributed by atoms with Gasteiger partial charge in [0.1, 0.15) is 6.20 Å².